The van der Waals surface area contributed by atoms with E-state index in [9.17, 15) is 14.9 Å². The Morgan fingerprint density at radius 2 is 1.79 bits per heavy atom. The van der Waals surface area contributed by atoms with Crippen molar-refractivity contribution in [1.29, 1.82) is 5.26 Å². The van der Waals surface area contributed by atoms with Gasteiger partial charge in [-0.2, -0.15) is 5.26 Å². The molecule has 0 saturated heterocycles. The van der Waals surface area contributed by atoms with Crippen molar-refractivity contribution in [2.24, 2.45) is 0 Å². The van der Waals surface area contributed by atoms with Gasteiger partial charge in [0.25, 0.3) is 0 Å². The van der Waals surface area contributed by atoms with Crippen LogP contribution in [0.1, 0.15) is 34.0 Å². The third kappa shape index (κ3) is 4.38. The maximum atomic E-state index is 12.3. The molecule has 0 bridgehead atoms. The Morgan fingerprint density at radius 1 is 1.11 bits per heavy atom. The number of nitrogens with zero attached hydrogens (tertiary/aromatic N) is 2. The molecular weight excluding hydrogens is 370 g/mol. The number of pyridine rings is 1. The number of ketones is 1. The molecule has 1 heterocycles. The van der Waals surface area contributed by atoms with E-state index < -0.39 is 0 Å². The summed E-state index contributed by atoms with van der Waals surface area (Å²) in [7, 11) is 0. The lowest BCUT2D eigenvalue weighted by atomic mass is 10.1. The van der Waals surface area contributed by atoms with Crippen LogP contribution in [0.5, 0.6) is 0 Å². The fourth-order valence-corrected chi connectivity index (χ4v) is 3.49. The summed E-state index contributed by atoms with van der Waals surface area (Å²) in [6.45, 7) is 5.54. The first-order valence-electron chi connectivity index (χ1n) is 8.73. The smallest absolute Gasteiger partial charge is 0.234 e. The summed E-state index contributed by atoms with van der Waals surface area (Å²) in [4.78, 5) is 28.1. The number of rotatable bonds is 5. The van der Waals surface area contributed by atoms with Gasteiger partial charge in [0.15, 0.2) is 5.78 Å². The van der Waals surface area contributed by atoms with Gasteiger partial charge in [-0.3, -0.25) is 9.59 Å². The van der Waals surface area contributed by atoms with Gasteiger partial charge in [-0.05, 0) is 74.4 Å². The van der Waals surface area contributed by atoms with Gasteiger partial charge in [0.05, 0.1) is 16.8 Å². The van der Waals surface area contributed by atoms with Crippen molar-refractivity contribution in [3.63, 3.8) is 0 Å². The number of hydrogen-bond acceptors (Lipinski definition) is 5. The number of fused-ring (bicyclic) bond motifs is 1. The van der Waals surface area contributed by atoms with Crippen LogP contribution in [0.4, 0.5) is 5.69 Å². The minimum absolute atomic E-state index is 0.0229. The van der Waals surface area contributed by atoms with E-state index in [1.54, 1.807) is 24.3 Å². The van der Waals surface area contributed by atoms with Gasteiger partial charge in [0.1, 0.15) is 11.1 Å². The number of aromatic nitrogens is 1. The highest BCUT2D eigenvalue weighted by molar-refractivity contribution is 8.00. The topological polar surface area (TPSA) is 82.8 Å². The lowest BCUT2D eigenvalue weighted by Gasteiger charge is -2.09. The van der Waals surface area contributed by atoms with Crippen LogP contribution in [-0.2, 0) is 4.79 Å². The Morgan fingerprint density at radius 3 is 2.43 bits per heavy atom. The van der Waals surface area contributed by atoms with E-state index in [1.807, 2.05) is 32.0 Å². The summed E-state index contributed by atoms with van der Waals surface area (Å²) in [6.07, 6.45) is 0. The zero-order valence-electron chi connectivity index (χ0n) is 15.9. The van der Waals surface area contributed by atoms with Crippen molar-refractivity contribution in [2.45, 2.75) is 25.8 Å². The van der Waals surface area contributed by atoms with E-state index >= 15 is 0 Å². The van der Waals surface area contributed by atoms with Crippen molar-refractivity contribution >= 4 is 40.0 Å². The third-order valence-electron chi connectivity index (χ3n) is 4.43. The number of nitriles is 1. The molecule has 3 rings (SSSR count). The standard InChI is InChI=1S/C22H19N3O2S/c1-13-8-17-10-18(11-23)22(25-20(17)9-14(13)2)28-12-21(27)24-19-6-4-16(5-7-19)15(3)26/h4-10H,12H2,1-3H3,(H,24,27). The van der Waals surface area contributed by atoms with Crippen LogP contribution in [-0.4, -0.2) is 22.4 Å². The van der Waals surface area contributed by atoms with Gasteiger partial charge in [0.2, 0.25) is 5.91 Å². The summed E-state index contributed by atoms with van der Waals surface area (Å²) in [5.41, 5.74) is 4.76. The summed E-state index contributed by atoms with van der Waals surface area (Å²) in [5, 5.41) is 13.7. The number of carbonyl (C=O) groups excluding carboxylic acids is 2. The molecule has 0 radical (unpaired) electrons. The van der Waals surface area contributed by atoms with E-state index in [0.29, 0.717) is 21.8 Å². The predicted octanol–water partition coefficient (Wildman–Crippen LogP) is 4.66. The van der Waals surface area contributed by atoms with E-state index in [4.69, 9.17) is 0 Å². The second-order valence-electron chi connectivity index (χ2n) is 6.55. The predicted molar refractivity (Wildman–Crippen MR) is 112 cm³/mol. The normalized spacial score (nSPS) is 10.5. The highest BCUT2D eigenvalue weighted by atomic mass is 32.2. The van der Waals surface area contributed by atoms with Gasteiger partial charge in [0, 0.05) is 16.6 Å². The molecule has 1 amide bonds. The van der Waals surface area contributed by atoms with Crippen molar-refractivity contribution < 1.29 is 9.59 Å². The van der Waals surface area contributed by atoms with Crippen LogP contribution in [0.3, 0.4) is 0 Å². The average Bonchev–Trinajstić information content (AvgIpc) is 2.67. The van der Waals surface area contributed by atoms with Crippen LogP contribution in [0.25, 0.3) is 10.9 Å². The molecule has 0 aliphatic rings. The molecule has 1 aromatic heterocycles. The number of Topliss-reactive ketones (excluding diaryl/α,β-unsaturated/α-hetero) is 1. The first kappa shape index (κ1) is 19.6. The molecule has 0 saturated carbocycles. The van der Waals surface area contributed by atoms with Gasteiger partial charge in [-0.1, -0.05) is 11.8 Å². The van der Waals surface area contributed by atoms with Crippen LogP contribution in [0.15, 0.2) is 47.5 Å². The van der Waals surface area contributed by atoms with Crippen LogP contribution in [0, 0.1) is 25.2 Å². The van der Waals surface area contributed by atoms with Gasteiger partial charge < -0.3 is 5.32 Å². The second-order valence-corrected chi connectivity index (χ2v) is 7.52. The van der Waals surface area contributed by atoms with Crippen molar-refractivity contribution in [3.8, 4) is 6.07 Å². The Bertz CT molecular complexity index is 1120. The van der Waals surface area contributed by atoms with E-state index in [-0.39, 0.29) is 17.4 Å². The SMILES string of the molecule is CC(=O)c1ccc(NC(=O)CSc2nc3cc(C)c(C)cc3cc2C#N)cc1. The average molecular weight is 389 g/mol. The summed E-state index contributed by atoms with van der Waals surface area (Å²) in [5.74, 6) is -0.0938. The highest BCUT2D eigenvalue weighted by Crippen LogP contribution is 2.26. The second kappa shape index (κ2) is 8.24. The van der Waals surface area contributed by atoms with Crippen LogP contribution in [0.2, 0.25) is 0 Å². The van der Waals surface area contributed by atoms with Crippen LogP contribution >= 0.6 is 11.8 Å². The number of nitrogens with one attached hydrogen (secondary N) is 1. The molecule has 0 fully saturated rings. The van der Waals surface area contributed by atoms with E-state index in [2.05, 4.69) is 16.4 Å². The fraction of sp³-hybridized carbons (Fsp3) is 0.182. The molecule has 6 heteroatoms. The third-order valence-corrected chi connectivity index (χ3v) is 5.42. The number of anilines is 1. The Kier molecular flexibility index (Phi) is 5.76. The zero-order chi connectivity index (χ0) is 20.3. The number of carbonyl (C=O) groups is 2. The molecule has 2 aromatic carbocycles. The lowest BCUT2D eigenvalue weighted by Crippen LogP contribution is -2.14. The molecule has 0 spiro atoms. The summed E-state index contributed by atoms with van der Waals surface area (Å²) >= 11 is 1.23. The summed E-state index contributed by atoms with van der Waals surface area (Å²) < 4.78 is 0. The minimum atomic E-state index is -0.202. The van der Waals surface area contributed by atoms with Crippen LogP contribution < -0.4 is 5.32 Å². The highest BCUT2D eigenvalue weighted by Gasteiger charge is 2.11. The van der Waals surface area contributed by atoms with E-state index in [1.165, 1.54) is 18.7 Å². The van der Waals surface area contributed by atoms with Gasteiger partial charge >= 0.3 is 0 Å². The molecule has 0 atom stereocenters. The molecule has 0 aliphatic carbocycles. The quantitative estimate of drug-likeness (QED) is 0.507. The molecular formula is C22H19N3O2S. The number of thioether (sulfide) groups is 1. The first-order chi connectivity index (χ1) is 13.4. The first-order valence-corrected chi connectivity index (χ1v) is 9.71. The number of benzene rings is 2. The summed E-state index contributed by atoms with van der Waals surface area (Å²) in [6, 6.07) is 14.7. The molecule has 5 nitrogen and oxygen atoms in total. The van der Waals surface area contributed by atoms with E-state index in [0.717, 1.165) is 22.0 Å². The Labute approximate surface area is 167 Å². The molecule has 0 aliphatic heterocycles. The van der Waals surface area contributed by atoms with Gasteiger partial charge in [-0.15, -0.1) is 0 Å². The van der Waals surface area contributed by atoms with Crippen molar-refractivity contribution in [1.82, 2.24) is 4.98 Å². The molecule has 28 heavy (non-hydrogen) atoms. The minimum Gasteiger partial charge on any atom is -0.325 e. The number of hydrogen-bond donors (Lipinski definition) is 1. The molecule has 3 aromatic rings. The maximum absolute atomic E-state index is 12.3. The number of aryl methyl sites for hydroxylation is 2. The Hall–Kier alpha value is -3.17. The fourth-order valence-electron chi connectivity index (χ4n) is 2.73. The van der Waals surface area contributed by atoms with Gasteiger partial charge in [-0.25, -0.2) is 4.98 Å². The molecule has 1 N–H and O–H groups in total. The van der Waals surface area contributed by atoms with Crippen molar-refractivity contribution in [3.05, 3.63) is 64.7 Å². The molecule has 0 unspecified atom stereocenters. The maximum Gasteiger partial charge on any atom is 0.234 e. The zero-order valence-corrected chi connectivity index (χ0v) is 16.7. The Balaban J connectivity index is 1.73. The largest absolute Gasteiger partial charge is 0.325 e. The lowest BCUT2D eigenvalue weighted by molar-refractivity contribution is -0.113. The number of amides is 1. The van der Waals surface area contributed by atoms with Crippen molar-refractivity contribution in [2.75, 3.05) is 11.1 Å². The monoisotopic (exact) mass is 389 g/mol. The molecule has 140 valence electrons.